The number of nitrogens with one attached hydrogen (secondary N) is 1. The molecule has 2 amide bonds. The van der Waals surface area contributed by atoms with E-state index in [1.165, 1.54) is 37.8 Å². The highest BCUT2D eigenvalue weighted by molar-refractivity contribution is 8.14. The number of fused-ring (bicyclic) bond motifs is 1. The maximum absolute atomic E-state index is 14.4. The minimum atomic E-state index is -1.28. The van der Waals surface area contributed by atoms with Crippen LogP contribution in [0.2, 0.25) is 5.02 Å². The average Bonchev–Trinajstić information content (AvgIpc) is 3.30. The van der Waals surface area contributed by atoms with E-state index in [9.17, 15) is 24.3 Å². The summed E-state index contributed by atoms with van der Waals surface area (Å²) in [5.74, 6) is -1.26. The van der Waals surface area contributed by atoms with Gasteiger partial charge in [0.1, 0.15) is 12.2 Å². The first-order chi connectivity index (χ1) is 21.6. The Bertz CT molecular complexity index is 1550. The molecule has 12 nitrogen and oxygen atoms in total. The number of nitrogens with zero attached hydrogens (tertiary/aromatic N) is 2. The second-order valence-corrected chi connectivity index (χ2v) is 13.6. The van der Waals surface area contributed by atoms with E-state index in [0.29, 0.717) is 39.1 Å². The van der Waals surface area contributed by atoms with Gasteiger partial charge in [0.15, 0.2) is 16.7 Å². The van der Waals surface area contributed by atoms with Gasteiger partial charge in [-0.2, -0.15) is 0 Å². The summed E-state index contributed by atoms with van der Waals surface area (Å²) >= 11 is 7.73. The van der Waals surface area contributed by atoms with Crippen LogP contribution in [0.5, 0.6) is 11.5 Å². The van der Waals surface area contributed by atoms with E-state index in [-0.39, 0.29) is 31.2 Å². The second-order valence-electron chi connectivity index (χ2n) is 12.2. The van der Waals surface area contributed by atoms with Crippen LogP contribution in [0.25, 0.3) is 0 Å². The Hall–Kier alpha value is -3.81. The van der Waals surface area contributed by atoms with Crippen LogP contribution in [-0.2, 0) is 28.7 Å². The Morgan fingerprint density at radius 2 is 1.93 bits per heavy atom. The SMILES string of the molecule is COc1cccc([C@H]2O[C@H](CC(=O)NC3=NC(C)(CC(=O)O)CS3)C(=O)N(CC(C)(C)COC(C)=O)c3ccc(Cl)cc32)c1OC. The Labute approximate surface area is 276 Å². The lowest BCUT2D eigenvalue weighted by Crippen LogP contribution is -2.47. The smallest absolute Gasteiger partial charge is 0.305 e. The fourth-order valence-corrected chi connectivity index (χ4v) is 6.62. The lowest BCUT2D eigenvalue weighted by atomic mass is 9.92. The zero-order valence-electron chi connectivity index (χ0n) is 26.5. The van der Waals surface area contributed by atoms with Crippen LogP contribution >= 0.6 is 23.4 Å². The number of amides is 2. The molecule has 0 aromatic heterocycles. The number of carbonyl (C=O) groups is 4. The summed E-state index contributed by atoms with van der Waals surface area (Å²) in [4.78, 5) is 56.7. The van der Waals surface area contributed by atoms with E-state index in [1.54, 1.807) is 43.3 Å². The molecule has 1 unspecified atom stereocenters. The number of carbonyl (C=O) groups excluding carboxylic acids is 3. The van der Waals surface area contributed by atoms with Crippen LogP contribution < -0.4 is 19.7 Å². The van der Waals surface area contributed by atoms with Gasteiger partial charge in [-0.25, -0.2) is 0 Å². The Balaban J connectivity index is 1.76. The summed E-state index contributed by atoms with van der Waals surface area (Å²) in [6, 6.07) is 10.4. The summed E-state index contributed by atoms with van der Waals surface area (Å²) in [6.45, 7) is 6.90. The van der Waals surface area contributed by atoms with Gasteiger partial charge >= 0.3 is 11.9 Å². The number of para-hydroxylation sites is 1. The van der Waals surface area contributed by atoms with Gasteiger partial charge in [0, 0.05) is 46.5 Å². The first-order valence-corrected chi connectivity index (χ1v) is 15.9. The van der Waals surface area contributed by atoms with Gasteiger partial charge in [-0.15, -0.1) is 0 Å². The number of hydrogen-bond acceptors (Lipinski definition) is 10. The molecule has 2 aliphatic heterocycles. The molecule has 0 saturated carbocycles. The number of aliphatic carboxylic acids is 1. The van der Waals surface area contributed by atoms with Gasteiger partial charge in [-0.1, -0.05) is 49.3 Å². The van der Waals surface area contributed by atoms with Crippen molar-refractivity contribution < 1.29 is 43.2 Å². The van der Waals surface area contributed by atoms with Crippen molar-refractivity contribution in [1.82, 2.24) is 5.32 Å². The second kappa shape index (κ2) is 14.3. The quantitative estimate of drug-likeness (QED) is 0.323. The normalized spacial score (nSPS) is 21.2. The van der Waals surface area contributed by atoms with E-state index < -0.39 is 46.9 Å². The molecule has 2 aliphatic rings. The molecule has 0 saturated heterocycles. The van der Waals surface area contributed by atoms with Crippen molar-refractivity contribution in [3.05, 3.63) is 52.5 Å². The predicted molar refractivity (Wildman–Crippen MR) is 174 cm³/mol. The standard InChI is InChI=1S/C32H38ClN3O9S/c1-18(37)44-16-31(2,3)15-36-22-11-10-19(33)12-21(22)27(20-8-7-9-23(42-5)28(20)43-6)45-24(29(36)41)13-25(38)34-30-35-32(4,17-46-30)14-26(39)40/h7-12,24,27H,13-17H2,1-6H3,(H,39,40)(H,34,35,38)/t24-,27-,32?/m1/s1. The van der Waals surface area contributed by atoms with Crippen molar-refractivity contribution in [1.29, 1.82) is 0 Å². The lowest BCUT2D eigenvalue weighted by molar-refractivity contribution is -0.144. The van der Waals surface area contributed by atoms with Crippen molar-refractivity contribution in [3.63, 3.8) is 0 Å². The van der Waals surface area contributed by atoms with Crippen LogP contribution in [0.15, 0.2) is 41.4 Å². The molecule has 0 aliphatic carbocycles. The summed E-state index contributed by atoms with van der Waals surface area (Å²) < 4.78 is 23.1. The van der Waals surface area contributed by atoms with Gasteiger partial charge in [-0.3, -0.25) is 24.2 Å². The number of hydrogen-bond donors (Lipinski definition) is 2. The van der Waals surface area contributed by atoms with Crippen molar-refractivity contribution in [3.8, 4) is 11.5 Å². The van der Waals surface area contributed by atoms with Gasteiger partial charge < -0.3 is 34.3 Å². The molecule has 2 aromatic rings. The first-order valence-electron chi connectivity index (χ1n) is 14.5. The number of halogens is 1. The minimum absolute atomic E-state index is 0.0420. The van der Waals surface area contributed by atoms with Crippen LogP contribution in [0.1, 0.15) is 57.8 Å². The van der Waals surface area contributed by atoms with Crippen LogP contribution in [-0.4, -0.2) is 78.8 Å². The number of rotatable bonds is 11. The molecule has 14 heteroatoms. The molecule has 0 fully saturated rings. The van der Waals surface area contributed by atoms with Crippen molar-refractivity contribution >= 4 is 58.0 Å². The average molecular weight is 676 g/mol. The molecule has 248 valence electrons. The topological polar surface area (TPSA) is 153 Å². The van der Waals surface area contributed by atoms with Crippen molar-refractivity contribution in [2.24, 2.45) is 10.4 Å². The van der Waals surface area contributed by atoms with E-state index in [0.717, 1.165) is 0 Å². The Morgan fingerprint density at radius 1 is 1.20 bits per heavy atom. The molecule has 2 N–H and O–H groups in total. The number of aliphatic imine (C=N–C) groups is 1. The summed E-state index contributed by atoms with van der Waals surface area (Å²) in [6.07, 6.45) is -2.76. The number of ether oxygens (including phenoxy) is 4. The Kier molecular flexibility index (Phi) is 10.9. The molecule has 2 heterocycles. The highest BCUT2D eigenvalue weighted by atomic mass is 35.5. The molecule has 3 atom stereocenters. The lowest BCUT2D eigenvalue weighted by Gasteiger charge is -2.33. The monoisotopic (exact) mass is 675 g/mol. The largest absolute Gasteiger partial charge is 0.493 e. The van der Waals surface area contributed by atoms with Gasteiger partial charge in [0.25, 0.3) is 5.91 Å². The van der Waals surface area contributed by atoms with E-state index in [1.807, 2.05) is 13.8 Å². The maximum Gasteiger partial charge on any atom is 0.305 e. The van der Waals surface area contributed by atoms with Crippen LogP contribution in [0.3, 0.4) is 0 Å². The number of esters is 1. The molecule has 46 heavy (non-hydrogen) atoms. The number of carboxylic acids is 1. The number of amidine groups is 1. The zero-order valence-corrected chi connectivity index (χ0v) is 28.1. The van der Waals surface area contributed by atoms with E-state index in [2.05, 4.69) is 10.3 Å². The van der Waals surface area contributed by atoms with E-state index >= 15 is 0 Å². The summed E-state index contributed by atoms with van der Waals surface area (Å²) in [5.41, 5.74) is 0.0433. The van der Waals surface area contributed by atoms with Gasteiger partial charge in [0.05, 0.1) is 39.2 Å². The number of anilines is 1. The number of benzene rings is 2. The van der Waals surface area contributed by atoms with Crippen molar-refractivity contribution in [2.75, 3.05) is 38.0 Å². The fraction of sp³-hybridized carbons (Fsp3) is 0.469. The molecule has 4 rings (SSSR count). The molecular weight excluding hydrogens is 638 g/mol. The number of carboxylic acid groups (broad SMARTS) is 1. The maximum atomic E-state index is 14.4. The number of methoxy groups -OCH3 is 2. The number of thioether (sulfide) groups is 1. The molecule has 0 bridgehead atoms. The van der Waals surface area contributed by atoms with Crippen LogP contribution in [0, 0.1) is 5.41 Å². The highest BCUT2D eigenvalue weighted by Crippen LogP contribution is 2.45. The molecule has 2 aromatic carbocycles. The molecule has 0 radical (unpaired) electrons. The summed E-state index contributed by atoms with van der Waals surface area (Å²) in [7, 11) is 3.00. The third-order valence-electron chi connectivity index (χ3n) is 7.41. The molecule has 0 spiro atoms. The van der Waals surface area contributed by atoms with Gasteiger partial charge in [-0.05, 0) is 31.2 Å². The third-order valence-corrected chi connectivity index (χ3v) is 8.88. The summed E-state index contributed by atoms with van der Waals surface area (Å²) in [5, 5.41) is 12.7. The van der Waals surface area contributed by atoms with Crippen LogP contribution in [0.4, 0.5) is 5.69 Å². The fourth-order valence-electron chi connectivity index (χ4n) is 5.35. The van der Waals surface area contributed by atoms with E-state index in [4.69, 9.17) is 30.5 Å². The first kappa shape index (κ1) is 35.1. The zero-order chi connectivity index (χ0) is 33.8. The highest BCUT2D eigenvalue weighted by Gasteiger charge is 2.41. The minimum Gasteiger partial charge on any atom is -0.493 e. The predicted octanol–water partition coefficient (Wildman–Crippen LogP) is 4.61. The van der Waals surface area contributed by atoms with Crippen molar-refractivity contribution in [2.45, 2.75) is 58.3 Å². The Morgan fingerprint density at radius 3 is 2.59 bits per heavy atom. The van der Waals surface area contributed by atoms with Gasteiger partial charge in [0.2, 0.25) is 5.91 Å². The third kappa shape index (κ3) is 8.31. The molecular formula is C32H38ClN3O9S.